The van der Waals surface area contributed by atoms with Crippen molar-refractivity contribution in [3.63, 3.8) is 0 Å². The van der Waals surface area contributed by atoms with Gasteiger partial charge < -0.3 is 0 Å². The molecule has 0 aliphatic heterocycles. The van der Waals surface area contributed by atoms with Gasteiger partial charge in [-0.15, -0.1) is 0 Å². The van der Waals surface area contributed by atoms with E-state index in [1.807, 2.05) is 0 Å². The molecule has 0 N–H and O–H groups in total. The predicted molar refractivity (Wildman–Crippen MR) is 30.0 cm³/mol. The maximum atomic E-state index is 11.7. The molecule has 0 saturated carbocycles. The maximum absolute atomic E-state index is 11.7. The second kappa shape index (κ2) is 5.33. The van der Waals surface area contributed by atoms with Gasteiger partial charge in [0.25, 0.3) is 24.3 Å². The molecule has 0 spiro atoms. The second-order valence-electron chi connectivity index (χ2n) is 3.03. The normalized spacial score (nSPS) is 15.3. The standard InChI is InChI=1S/C4BF12.K/c6-1(7,8)5(2(9,10)11,3(12,13)14)4(15,16)17;/q-1;+1. The Labute approximate surface area is 133 Å². The quantitative estimate of drug-likeness (QED) is 0.457. The molecule has 0 rings (SSSR count). The van der Waals surface area contributed by atoms with Gasteiger partial charge in [0.05, 0.1) is 0 Å². The zero-order chi connectivity index (χ0) is 14.5. The van der Waals surface area contributed by atoms with E-state index in [1.54, 1.807) is 0 Å². The van der Waals surface area contributed by atoms with Crippen LogP contribution >= 0.6 is 0 Å². The summed E-state index contributed by atoms with van der Waals surface area (Å²) in [6.07, 6.45) is -38.8. The molecule has 18 heavy (non-hydrogen) atoms. The van der Waals surface area contributed by atoms with Crippen molar-refractivity contribution in [3.8, 4) is 0 Å². The SMILES string of the molecule is FC(F)(F)[B-](C(F)(F)F)(C(F)(F)F)C(F)(F)F.[K+]. The average Bonchev–Trinajstić information content (AvgIpc) is 1.67. The zero-order valence-electron chi connectivity index (χ0n) is 8.11. The summed E-state index contributed by atoms with van der Waals surface area (Å²) in [5, 5.41) is 0. The molecule has 0 aliphatic carbocycles. The van der Waals surface area contributed by atoms with Crippen LogP contribution in [-0.4, -0.2) is 30.4 Å². The Kier molecular flexibility index (Phi) is 6.27. The molecule has 0 aromatic rings. The van der Waals surface area contributed by atoms with Crippen LogP contribution in [0.4, 0.5) is 52.7 Å². The Balaban J connectivity index is 0. The van der Waals surface area contributed by atoms with Gasteiger partial charge in [-0.1, -0.05) is 0 Å². The van der Waals surface area contributed by atoms with Gasteiger partial charge in [-0.25, -0.2) is 52.7 Å². The first kappa shape index (κ1) is 21.2. The van der Waals surface area contributed by atoms with Crippen LogP contribution in [0.1, 0.15) is 0 Å². The Morgan fingerprint density at radius 1 is 0.389 bits per heavy atom. The fourth-order valence-corrected chi connectivity index (χ4v) is 1.11. The molecule has 0 aliphatic rings. The number of halogens is 12. The first-order valence-corrected chi connectivity index (χ1v) is 3.42. The van der Waals surface area contributed by atoms with Crippen molar-refractivity contribution in [2.75, 3.05) is 0 Å². The molecule has 0 bridgehead atoms. The topological polar surface area (TPSA) is 0 Å². The summed E-state index contributed by atoms with van der Waals surface area (Å²) < 4.78 is 141. The predicted octanol–water partition coefficient (Wildman–Crippen LogP) is 0.845. The van der Waals surface area contributed by atoms with Crippen molar-refractivity contribution in [1.82, 2.24) is 0 Å². The molecule has 0 nitrogen and oxygen atoms in total. The Bertz CT molecular complexity index is 217. The van der Waals surface area contributed by atoms with Crippen molar-refractivity contribution in [2.24, 2.45) is 0 Å². The van der Waals surface area contributed by atoms with Crippen LogP contribution in [0.2, 0.25) is 0 Å². The molecule has 0 aromatic carbocycles. The van der Waals surface area contributed by atoms with Crippen LogP contribution in [0.3, 0.4) is 0 Å². The van der Waals surface area contributed by atoms with E-state index < -0.39 is 30.4 Å². The van der Waals surface area contributed by atoms with Crippen LogP contribution in [0, 0.1) is 0 Å². The summed E-state index contributed by atoms with van der Waals surface area (Å²) in [5.74, 6) is 0. The molecule has 0 unspecified atom stereocenters. The zero-order valence-corrected chi connectivity index (χ0v) is 11.2. The molecule has 0 saturated heterocycles. The van der Waals surface area contributed by atoms with Crippen molar-refractivity contribution in [2.45, 2.75) is 24.3 Å². The summed E-state index contributed by atoms with van der Waals surface area (Å²) in [6.45, 7) is 0. The van der Waals surface area contributed by atoms with Gasteiger partial charge in [0.15, 0.2) is 0 Å². The van der Waals surface area contributed by atoms with E-state index in [4.69, 9.17) is 0 Å². The molecule has 0 fully saturated rings. The number of hydrogen-bond acceptors (Lipinski definition) is 0. The minimum absolute atomic E-state index is 0. The minimum Gasteiger partial charge on any atom is -0.215 e. The summed E-state index contributed by atoms with van der Waals surface area (Å²) in [5.41, 5.74) is 0. The number of rotatable bonds is 0. The van der Waals surface area contributed by atoms with Gasteiger partial charge in [0.2, 0.25) is 0 Å². The monoisotopic (exact) mass is 326 g/mol. The Morgan fingerprint density at radius 2 is 0.500 bits per heavy atom. The molecule has 0 aromatic heterocycles. The summed E-state index contributed by atoms with van der Waals surface area (Å²) >= 11 is 0. The van der Waals surface area contributed by atoms with Crippen LogP contribution in [0.25, 0.3) is 0 Å². The Hall–Kier alpha value is 0.861. The summed E-state index contributed by atoms with van der Waals surface area (Å²) in [7, 11) is 0. The van der Waals surface area contributed by atoms with Crippen LogP contribution in [0.5, 0.6) is 0 Å². The van der Waals surface area contributed by atoms with Crippen molar-refractivity contribution >= 4 is 6.15 Å². The fraction of sp³-hybridized carbons (Fsp3) is 1.00. The third-order valence-corrected chi connectivity index (χ3v) is 1.96. The Morgan fingerprint density at radius 3 is 0.500 bits per heavy atom. The largest absolute Gasteiger partial charge is 1.00 e. The molecule has 0 atom stereocenters. The molecule has 104 valence electrons. The molecular weight excluding hydrogens is 326 g/mol. The van der Waals surface area contributed by atoms with Gasteiger partial charge >= 0.3 is 57.5 Å². The van der Waals surface area contributed by atoms with Gasteiger partial charge in [-0.3, -0.25) is 0 Å². The van der Waals surface area contributed by atoms with E-state index in [0.29, 0.717) is 0 Å². The van der Waals surface area contributed by atoms with E-state index in [1.165, 1.54) is 0 Å². The number of hydrogen-bond donors (Lipinski definition) is 0. The fourth-order valence-electron chi connectivity index (χ4n) is 1.11. The van der Waals surface area contributed by atoms with Gasteiger partial charge in [-0.2, -0.15) is 0 Å². The molecular formula is C4BF12K. The minimum atomic E-state index is -8.58. The van der Waals surface area contributed by atoms with Crippen molar-refractivity contribution in [1.29, 1.82) is 0 Å². The first-order chi connectivity index (χ1) is 7.00. The van der Waals surface area contributed by atoms with E-state index >= 15 is 0 Å². The van der Waals surface area contributed by atoms with Gasteiger partial charge in [-0.05, 0) is 0 Å². The second-order valence-corrected chi connectivity index (χ2v) is 3.03. The van der Waals surface area contributed by atoms with Gasteiger partial charge in [0.1, 0.15) is 0 Å². The van der Waals surface area contributed by atoms with Gasteiger partial charge in [0, 0.05) is 0 Å². The third kappa shape index (κ3) is 3.12. The van der Waals surface area contributed by atoms with E-state index in [2.05, 4.69) is 0 Å². The molecule has 0 amide bonds. The van der Waals surface area contributed by atoms with E-state index in [0.717, 1.165) is 0 Å². The van der Waals surface area contributed by atoms with Crippen molar-refractivity contribution in [3.05, 3.63) is 0 Å². The molecule has 0 heterocycles. The smallest absolute Gasteiger partial charge is 0.215 e. The third-order valence-electron chi connectivity index (χ3n) is 1.96. The summed E-state index contributed by atoms with van der Waals surface area (Å²) in [6, 6.07) is 0. The first-order valence-electron chi connectivity index (χ1n) is 3.42. The van der Waals surface area contributed by atoms with Crippen LogP contribution in [-0.2, 0) is 0 Å². The molecule has 14 heteroatoms. The van der Waals surface area contributed by atoms with Crippen LogP contribution < -0.4 is 51.4 Å². The van der Waals surface area contributed by atoms with Crippen molar-refractivity contribution < 1.29 is 104 Å². The van der Waals surface area contributed by atoms with Crippen LogP contribution in [0.15, 0.2) is 0 Å². The maximum Gasteiger partial charge on any atom is 1.00 e. The molecule has 0 radical (unpaired) electrons. The summed E-state index contributed by atoms with van der Waals surface area (Å²) in [4.78, 5) is 0. The van der Waals surface area contributed by atoms with E-state index in [-0.39, 0.29) is 51.4 Å². The van der Waals surface area contributed by atoms with E-state index in [9.17, 15) is 52.7 Å². The average molecular weight is 326 g/mol. The number of alkyl halides is 12.